The summed E-state index contributed by atoms with van der Waals surface area (Å²) in [6, 6.07) is 0. The molecule has 0 atom stereocenters. The largest absolute Gasteiger partial charge is 0.316 e. The lowest BCUT2D eigenvalue weighted by molar-refractivity contribution is 0.587. The third kappa shape index (κ3) is 10.5. The Labute approximate surface area is 98.3 Å². The number of unbranched alkanes of at least 4 members (excludes halogenated alkanes) is 2. The molecule has 0 spiro atoms. The smallest absolute Gasteiger partial charge is 0.151 e. The molecule has 0 bridgehead atoms. The molecular formula is C10H23NO2S2. The molecule has 0 aromatic carbocycles. The zero-order chi connectivity index (χ0) is 11.6. The third-order valence-electron chi connectivity index (χ3n) is 2.23. The summed E-state index contributed by atoms with van der Waals surface area (Å²) in [6.45, 7) is 3.23. The molecule has 0 aliphatic rings. The quantitative estimate of drug-likeness (QED) is 0.600. The van der Waals surface area contributed by atoms with Crippen molar-refractivity contribution < 1.29 is 8.42 Å². The van der Waals surface area contributed by atoms with E-state index in [1.54, 1.807) is 6.92 Å². The number of hydrogen-bond donors (Lipinski definition) is 1. The second-order valence-corrected chi connectivity index (χ2v) is 7.00. The van der Waals surface area contributed by atoms with E-state index in [2.05, 4.69) is 11.6 Å². The Morgan fingerprint density at radius 1 is 1.13 bits per heavy atom. The molecule has 0 amide bonds. The Balaban J connectivity index is 3.19. The summed E-state index contributed by atoms with van der Waals surface area (Å²) < 4.78 is 22.3. The number of hydrogen-bond acceptors (Lipinski definition) is 4. The Morgan fingerprint density at radius 2 is 1.87 bits per heavy atom. The van der Waals surface area contributed by atoms with Crippen molar-refractivity contribution in [3.05, 3.63) is 0 Å². The van der Waals surface area contributed by atoms with E-state index in [0.717, 1.165) is 13.0 Å². The molecule has 0 aromatic heterocycles. The van der Waals surface area contributed by atoms with E-state index >= 15 is 0 Å². The zero-order valence-electron chi connectivity index (χ0n) is 9.79. The molecule has 0 unspecified atom stereocenters. The highest BCUT2D eigenvalue weighted by Gasteiger charge is 2.05. The normalized spacial score (nSPS) is 11.9. The van der Waals surface area contributed by atoms with Crippen molar-refractivity contribution in [3.63, 3.8) is 0 Å². The van der Waals surface area contributed by atoms with Crippen LogP contribution in [0.25, 0.3) is 0 Å². The van der Waals surface area contributed by atoms with Crippen LogP contribution >= 0.6 is 11.8 Å². The van der Waals surface area contributed by atoms with Gasteiger partial charge in [0.15, 0.2) is 9.84 Å². The summed E-state index contributed by atoms with van der Waals surface area (Å²) >= 11 is 1.88. The second kappa shape index (κ2) is 9.48. The second-order valence-electron chi connectivity index (χ2n) is 3.54. The van der Waals surface area contributed by atoms with Crippen LogP contribution in [-0.2, 0) is 9.84 Å². The van der Waals surface area contributed by atoms with Crippen LogP contribution < -0.4 is 5.32 Å². The van der Waals surface area contributed by atoms with E-state index in [1.807, 2.05) is 11.8 Å². The maximum absolute atomic E-state index is 11.1. The van der Waals surface area contributed by atoms with Crippen LogP contribution in [0.15, 0.2) is 0 Å². The van der Waals surface area contributed by atoms with Gasteiger partial charge < -0.3 is 5.32 Å². The van der Waals surface area contributed by atoms with Crippen LogP contribution in [0.4, 0.5) is 0 Å². The van der Waals surface area contributed by atoms with E-state index < -0.39 is 9.84 Å². The Kier molecular flexibility index (Phi) is 9.65. The van der Waals surface area contributed by atoms with Gasteiger partial charge in [0.1, 0.15) is 0 Å². The number of sulfone groups is 1. The van der Waals surface area contributed by atoms with Gasteiger partial charge in [0.2, 0.25) is 0 Å². The molecule has 0 aliphatic carbocycles. The van der Waals surface area contributed by atoms with Gasteiger partial charge in [-0.1, -0.05) is 13.3 Å². The molecule has 0 saturated heterocycles. The van der Waals surface area contributed by atoms with Crippen molar-refractivity contribution in [2.75, 3.05) is 36.6 Å². The van der Waals surface area contributed by atoms with Crippen LogP contribution in [0, 0.1) is 0 Å². The Bertz CT molecular complexity index is 228. The molecule has 92 valence electrons. The fourth-order valence-corrected chi connectivity index (χ4v) is 2.41. The van der Waals surface area contributed by atoms with Crippen molar-refractivity contribution in [2.24, 2.45) is 0 Å². The van der Waals surface area contributed by atoms with E-state index in [4.69, 9.17) is 0 Å². The minimum atomic E-state index is -2.79. The van der Waals surface area contributed by atoms with Gasteiger partial charge in [-0.05, 0) is 31.4 Å². The molecule has 0 aromatic rings. The van der Waals surface area contributed by atoms with Crippen molar-refractivity contribution in [2.45, 2.75) is 26.2 Å². The summed E-state index contributed by atoms with van der Waals surface area (Å²) in [5.41, 5.74) is 0. The highest BCUT2D eigenvalue weighted by atomic mass is 32.2. The third-order valence-corrected chi connectivity index (χ3v) is 4.63. The van der Waals surface area contributed by atoms with E-state index in [-0.39, 0.29) is 11.5 Å². The first kappa shape index (κ1) is 15.3. The Hall–Kier alpha value is 0.260. The first-order valence-electron chi connectivity index (χ1n) is 5.52. The van der Waals surface area contributed by atoms with E-state index in [1.165, 1.54) is 18.6 Å². The van der Waals surface area contributed by atoms with Crippen LogP contribution in [0.5, 0.6) is 0 Å². The molecule has 0 rings (SSSR count). The minimum Gasteiger partial charge on any atom is -0.316 e. The fraction of sp³-hybridized carbons (Fsp3) is 1.00. The molecule has 0 radical (unpaired) electrons. The van der Waals surface area contributed by atoms with Crippen molar-refractivity contribution in [1.82, 2.24) is 5.32 Å². The van der Waals surface area contributed by atoms with Gasteiger partial charge >= 0.3 is 0 Å². The van der Waals surface area contributed by atoms with Crippen molar-refractivity contribution in [1.29, 1.82) is 0 Å². The summed E-state index contributed by atoms with van der Waals surface area (Å²) in [7, 11) is -2.79. The van der Waals surface area contributed by atoms with Crippen molar-refractivity contribution in [3.8, 4) is 0 Å². The number of nitrogens with one attached hydrogen (secondary N) is 1. The van der Waals surface area contributed by atoms with Gasteiger partial charge in [-0.25, -0.2) is 8.42 Å². The maximum atomic E-state index is 11.1. The first-order valence-corrected chi connectivity index (χ1v) is 8.74. The summed E-state index contributed by atoms with van der Waals surface area (Å²) in [5, 5.41) is 3.17. The zero-order valence-corrected chi connectivity index (χ0v) is 11.4. The van der Waals surface area contributed by atoms with Gasteiger partial charge in [-0.15, -0.1) is 0 Å². The average molecular weight is 253 g/mol. The lowest BCUT2D eigenvalue weighted by Crippen LogP contribution is -2.24. The lowest BCUT2D eigenvalue weighted by atomic mass is 10.2. The number of thioether (sulfide) groups is 1. The van der Waals surface area contributed by atoms with Crippen molar-refractivity contribution >= 4 is 21.6 Å². The van der Waals surface area contributed by atoms with E-state index in [9.17, 15) is 8.42 Å². The minimum absolute atomic E-state index is 0.252. The highest BCUT2D eigenvalue weighted by Crippen LogP contribution is 2.01. The summed E-state index contributed by atoms with van der Waals surface area (Å²) in [5.74, 6) is 1.75. The lowest BCUT2D eigenvalue weighted by Gasteiger charge is -2.04. The predicted molar refractivity (Wildman–Crippen MR) is 69.4 cm³/mol. The molecular weight excluding hydrogens is 230 g/mol. The van der Waals surface area contributed by atoms with E-state index in [0.29, 0.717) is 6.54 Å². The average Bonchev–Trinajstić information content (AvgIpc) is 2.22. The van der Waals surface area contributed by atoms with Gasteiger partial charge in [0.05, 0.1) is 5.75 Å². The molecule has 0 saturated carbocycles. The monoisotopic (exact) mass is 253 g/mol. The van der Waals surface area contributed by atoms with Gasteiger partial charge in [-0.3, -0.25) is 0 Å². The van der Waals surface area contributed by atoms with Crippen LogP contribution in [-0.4, -0.2) is 45.0 Å². The molecule has 15 heavy (non-hydrogen) atoms. The predicted octanol–water partition coefficient (Wildman–Crippen LogP) is 1.54. The van der Waals surface area contributed by atoms with Crippen LogP contribution in [0.3, 0.4) is 0 Å². The first-order chi connectivity index (χ1) is 7.12. The molecule has 0 aliphatic heterocycles. The maximum Gasteiger partial charge on any atom is 0.151 e. The van der Waals surface area contributed by atoms with Gasteiger partial charge in [0.25, 0.3) is 0 Å². The highest BCUT2D eigenvalue weighted by molar-refractivity contribution is 7.98. The summed E-state index contributed by atoms with van der Waals surface area (Å²) in [4.78, 5) is 0. The topological polar surface area (TPSA) is 46.2 Å². The number of rotatable bonds is 10. The SMILES string of the molecule is CCS(=O)(=O)CCNCCCCCSC. The van der Waals surface area contributed by atoms with Gasteiger partial charge in [0, 0.05) is 12.3 Å². The fourth-order valence-electron chi connectivity index (χ4n) is 1.17. The standard InChI is InChI=1S/C10H23NO2S2/c1-3-15(12,13)10-8-11-7-5-4-6-9-14-2/h11H,3-10H2,1-2H3. The van der Waals surface area contributed by atoms with Gasteiger partial charge in [-0.2, -0.15) is 11.8 Å². The summed E-state index contributed by atoms with van der Waals surface area (Å²) in [6.07, 6.45) is 5.76. The molecule has 0 heterocycles. The molecule has 0 fully saturated rings. The Morgan fingerprint density at radius 3 is 2.47 bits per heavy atom. The molecule has 3 nitrogen and oxygen atoms in total. The molecule has 5 heteroatoms. The molecule has 1 N–H and O–H groups in total. The van der Waals surface area contributed by atoms with Crippen LogP contribution in [0.2, 0.25) is 0 Å². The van der Waals surface area contributed by atoms with Crippen LogP contribution in [0.1, 0.15) is 26.2 Å².